The van der Waals surface area contributed by atoms with Crippen LogP contribution in [0.5, 0.6) is 0 Å². The van der Waals surface area contributed by atoms with E-state index in [-0.39, 0.29) is 56.9 Å². The first-order valence-electron chi connectivity index (χ1n) is 16.2. The lowest BCUT2D eigenvalue weighted by atomic mass is 9.99. The van der Waals surface area contributed by atoms with Crippen LogP contribution in [-0.4, -0.2) is 75.8 Å². The maximum atomic E-state index is 13.0. The van der Waals surface area contributed by atoms with E-state index in [1.165, 1.54) is 0 Å². The number of likely N-dealkylation sites (tertiary alicyclic amines) is 2. The number of aliphatic hydroxyl groups is 2. The van der Waals surface area contributed by atoms with Crippen LogP contribution in [0.25, 0.3) is 0 Å². The second kappa shape index (κ2) is 15.2. The van der Waals surface area contributed by atoms with Crippen LogP contribution in [0.4, 0.5) is 4.79 Å². The minimum absolute atomic E-state index is 0.0306. The zero-order valence-electron chi connectivity index (χ0n) is 26.2. The van der Waals surface area contributed by atoms with E-state index >= 15 is 0 Å². The fourth-order valence-electron chi connectivity index (χ4n) is 6.47. The highest BCUT2D eigenvalue weighted by Crippen LogP contribution is 2.39. The molecule has 3 heterocycles. The maximum Gasteiger partial charge on any atom is 0.408 e. The Bertz CT molecular complexity index is 1520. The molecule has 3 aromatic carbocycles. The Morgan fingerprint density at radius 1 is 0.894 bits per heavy atom. The van der Waals surface area contributed by atoms with Crippen molar-refractivity contribution in [1.29, 1.82) is 0 Å². The molecular weight excluding hydrogens is 602 g/mol. The van der Waals surface area contributed by atoms with Crippen LogP contribution < -0.4 is 5.32 Å². The second-order valence-electron chi connectivity index (χ2n) is 12.3. The quantitative estimate of drug-likeness (QED) is 0.267. The first-order chi connectivity index (χ1) is 22.9. The maximum absolute atomic E-state index is 13.0. The predicted molar refractivity (Wildman–Crippen MR) is 170 cm³/mol. The Kier molecular flexibility index (Phi) is 10.6. The van der Waals surface area contributed by atoms with Crippen LogP contribution in [0, 0.1) is 0 Å². The smallest absolute Gasteiger partial charge is 0.408 e. The molecule has 3 aromatic rings. The molecule has 11 heteroatoms. The van der Waals surface area contributed by atoms with Crippen LogP contribution in [-0.2, 0) is 43.6 Å². The van der Waals surface area contributed by atoms with E-state index in [2.05, 4.69) is 10.2 Å². The minimum Gasteiger partial charge on any atom is -0.445 e. The van der Waals surface area contributed by atoms with Crippen molar-refractivity contribution in [2.45, 2.75) is 76.0 Å². The fourth-order valence-corrected chi connectivity index (χ4v) is 6.47. The average Bonchev–Trinajstić information content (AvgIpc) is 3.66. The second-order valence-corrected chi connectivity index (χ2v) is 12.3. The number of benzene rings is 3. The molecule has 3 saturated heterocycles. The first-order valence-corrected chi connectivity index (χ1v) is 16.2. The first kappa shape index (κ1) is 32.8. The number of amides is 3. The summed E-state index contributed by atoms with van der Waals surface area (Å²) in [5.41, 5.74) is 4.18. The van der Waals surface area contributed by atoms with E-state index in [0.717, 1.165) is 52.1 Å². The summed E-state index contributed by atoms with van der Waals surface area (Å²) in [6.07, 6.45) is 0.767. The van der Waals surface area contributed by atoms with Gasteiger partial charge in [0.05, 0.1) is 38.4 Å². The van der Waals surface area contributed by atoms with Crippen molar-refractivity contribution in [3.63, 3.8) is 0 Å². The third-order valence-electron chi connectivity index (χ3n) is 9.10. The molecule has 0 aromatic heterocycles. The summed E-state index contributed by atoms with van der Waals surface area (Å²) >= 11 is 0. The highest BCUT2D eigenvalue weighted by atomic mass is 16.7. The van der Waals surface area contributed by atoms with Gasteiger partial charge in [0.25, 0.3) is 5.91 Å². The van der Waals surface area contributed by atoms with E-state index < -0.39 is 24.3 Å². The highest BCUT2D eigenvalue weighted by Gasteiger charge is 2.40. The van der Waals surface area contributed by atoms with Gasteiger partial charge in [0.15, 0.2) is 6.29 Å². The molecule has 3 aliphatic heterocycles. The Morgan fingerprint density at radius 2 is 1.62 bits per heavy atom. The van der Waals surface area contributed by atoms with Crippen LogP contribution in [0.2, 0.25) is 0 Å². The molecule has 11 nitrogen and oxygen atoms in total. The molecule has 0 bridgehead atoms. The van der Waals surface area contributed by atoms with Crippen molar-refractivity contribution >= 4 is 17.9 Å². The van der Waals surface area contributed by atoms with Gasteiger partial charge in [0.2, 0.25) is 5.91 Å². The molecule has 248 valence electrons. The summed E-state index contributed by atoms with van der Waals surface area (Å²) < 4.78 is 18.2. The van der Waals surface area contributed by atoms with Gasteiger partial charge in [0, 0.05) is 24.6 Å². The summed E-state index contributed by atoms with van der Waals surface area (Å²) in [5, 5.41) is 21.9. The lowest BCUT2D eigenvalue weighted by Gasteiger charge is -2.38. The van der Waals surface area contributed by atoms with Gasteiger partial charge in [-0.05, 0) is 41.6 Å². The number of nitrogens with one attached hydrogen (secondary N) is 1. The number of carbonyl (C=O) groups is 3. The van der Waals surface area contributed by atoms with Gasteiger partial charge in [-0.15, -0.1) is 0 Å². The fraction of sp³-hybridized carbons (Fsp3) is 0.417. The van der Waals surface area contributed by atoms with E-state index in [1.807, 2.05) is 78.9 Å². The lowest BCUT2D eigenvalue weighted by Crippen LogP contribution is -2.42. The van der Waals surface area contributed by atoms with Crippen molar-refractivity contribution in [2.75, 3.05) is 19.7 Å². The molecule has 5 atom stereocenters. The molecule has 6 rings (SSSR count). The molecule has 3 amide bonds. The van der Waals surface area contributed by atoms with Crippen molar-refractivity contribution in [3.8, 4) is 0 Å². The largest absolute Gasteiger partial charge is 0.445 e. The van der Waals surface area contributed by atoms with Gasteiger partial charge in [-0.25, -0.2) is 4.79 Å². The summed E-state index contributed by atoms with van der Waals surface area (Å²) in [6.45, 7) is 1.82. The van der Waals surface area contributed by atoms with Crippen LogP contribution in [0.1, 0.15) is 65.9 Å². The number of hydrogen-bond donors (Lipinski definition) is 3. The average molecular weight is 644 g/mol. The Labute approximate surface area is 274 Å². The van der Waals surface area contributed by atoms with Gasteiger partial charge < -0.3 is 29.7 Å². The van der Waals surface area contributed by atoms with Gasteiger partial charge in [-0.3, -0.25) is 19.4 Å². The molecule has 0 radical (unpaired) electrons. The lowest BCUT2D eigenvalue weighted by molar-refractivity contribution is -0.253. The van der Waals surface area contributed by atoms with Gasteiger partial charge >= 0.3 is 6.09 Å². The Hall–Kier alpha value is -4.13. The molecular formula is C36H41N3O8. The molecule has 3 aliphatic rings. The molecule has 1 unspecified atom stereocenters. The predicted octanol–water partition coefficient (Wildman–Crippen LogP) is 3.73. The number of nitrogens with zero attached hydrogens (tertiary/aromatic N) is 2. The van der Waals surface area contributed by atoms with Crippen LogP contribution >= 0.6 is 0 Å². The van der Waals surface area contributed by atoms with Crippen molar-refractivity contribution in [2.24, 2.45) is 0 Å². The third kappa shape index (κ3) is 8.06. The van der Waals surface area contributed by atoms with Crippen molar-refractivity contribution < 1.29 is 38.8 Å². The highest BCUT2D eigenvalue weighted by molar-refractivity contribution is 6.06. The number of rotatable bonds is 11. The van der Waals surface area contributed by atoms with Gasteiger partial charge in [-0.1, -0.05) is 78.9 Å². The standard InChI is InChI=1S/C36H41N3O8/c40-21-25-10-12-27(13-11-25)32-17-30(20-38-16-4-7-29(38)22-41)46-35(47-32)28-14-8-24(9-15-28)19-39-33(42)18-31(34(39)43)37-36(44)45-23-26-5-2-1-3-6-26/h1-3,5-6,8-15,29-32,35,40-41H,4,7,16-23H2,(H,37,44)/t29-,30+,31?,32-,35-/m0/s1. The van der Waals surface area contributed by atoms with Crippen molar-refractivity contribution in [1.82, 2.24) is 15.1 Å². The Morgan fingerprint density at radius 3 is 2.34 bits per heavy atom. The number of ether oxygens (including phenoxy) is 3. The van der Waals surface area contributed by atoms with Crippen molar-refractivity contribution in [3.05, 3.63) is 107 Å². The van der Waals surface area contributed by atoms with Gasteiger partial charge in [-0.2, -0.15) is 0 Å². The molecule has 3 fully saturated rings. The van der Waals surface area contributed by atoms with E-state index in [1.54, 1.807) is 0 Å². The minimum atomic E-state index is -0.976. The number of aliphatic hydroxyl groups excluding tert-OH is 2. The zero-order chi connectivity index (χ0) is 32.8. The molecule has 0 saturated carbocycles. The van der Waals surface area contributed by atoms with Gasteiger partial charge in [0.1, 0.15) is 12.6 Å². The SMILES string of the molecule is O=C(NC1CC(=O)N(Cc2ccc([C@H]3O[C@@H](CN4CCC[C@H]4CO)C[C@@H](c4ccc(CO)cc4)O3)cc2)C1=O)OCc1ccccc1. The number of carbonyl (C=O) groups excluding carboxylic acids is 3. The van der Waals surface area contributed by atoms with Crippen LogP contribution in [0.3, 0.4) is 0 Å². The summed E-state index contributed by atoms with van der Waals surface area (Å²) in [4.78, 5) is 41.5. The van der Waals surface area contributed by atoms with E-state index in [9.17, 15) is 24.6 Å². The van der Waals surface area contributed by atoms with E-state index in [0.29, 0.717) is 13.0 Å². The number of imide groups is 1. The summed E-state index contributed by atoms with van der Waals surface area (Å²) in [5.74, 6) is -0.844. The molecule has 47 heavy (non-hydrogen) atoms. The topological polar surface area (TPSA) is 138 Å². The summed E-state index contributed by atoms with van der Waals surface area (Å²) in [6, 6.07) is 23.5. The van der Waals surface area contributed by atoms with E-state index in [4.69, 9.17) is 14.2 Å². The van der Waals surface area contributed by atoms with Crippen LogP contribution in [0.15, 0.2) is 78.9 Å². The number of alkyl carbamates (subject to hydrolysis) is 1. The summed E-state index contributed by atoms with van der Waals surface area (Å²) in [7, 11) is 0. The Balaban J connectivity index is 1.09. The molecule has 0 spiro atoms. The number of hydrogen-bond acceptors (Lipinski definition) is 9. The molecule has 3 N–H and O–H groups in total. The monoisotopic (exact) mass is 643 g/mol. The normalized spacial score (nSPS) is 24.9. The third-order valence-corrected chi connectivity index (χ3v) is 9.10. The zero-order valence-corrected chi connectivity index (χ0v) is 26.2. The molecule has 0 aliphatic carbocycles.